The van der Waals surface area contributed by atoms with Crippen LogP contribution >= 0.6 is 0 Å². The molecular formula is C7H9N3O4. The van der Waals surface area contributed by atoms with Crippen molar-refractivity contribution in [2.75, 3.05) is 0 Å². The summed E-state index contributed by atoms with van der Waals surface area (Å²) in [6.45, 7) is 0.375. The molecule has 0 unspecified atom stereocenters. The van der Waals surface area contributed by atoms with Gasteiger partial charge >= 0.3 is 11.8 Å². The SMILES string of the molecule is O=C(O)CCCn1ccc([N+](=O)[O-])n1. The maximum absolute atomic E-state index is 10.2. The van der Waals surface area contributed by atoms with Crippen molar-refractivity contribution >= 4 is 11.8 Å². The van der Waals surface area contributed by atoms with Crippen LogP contribution < -0.4 is 0 Å². The molecule has 1 rings (SSSR count). The molecule has 1 aromatic rings. The van der Waals surface area contributed by atoms with Crippen LogP contribution in [0.3, 0.4) is 0 Å². The molecule has 0 aliphatic rings. The Bertz CT molecular complexity index is 346. The zero-order valence-electron chi connectivity index (χ0n) is 7.29. The van der Waals surface area contributed by atoms with E-state index in [-0.39, 0.29) is 12.2 Å². The number of carboxylic acids is 1. The van der Waals surface area contributed by atoms with Gasteiger partial charge in [-0.2, -0.15) is 4.68 Å². The zero-order chi connectivity index (χ0) is 10.6. The molecule has 76 valence electrons. The molecule has 1 N–H and O–H groups in total. The van der Waals surface area contributed by atoms with Gasteiger partial charge in [-0.1, -0.05) is 0 Å². The van der Waals surface area contributed by atoms with Crippen molar-refractivity contribution in [3.05, 3.63) is 22.4 Å². The van der Waals surface area contributed by atoms with E-state index >= 15 is 0 Å². The molecular weight excluding hydrogens is 190 g/mol. The lowest BCUT2D eigenvalue weighted by molar-refractivity contribution is -0.389. The summed E-state index contributed by atoms with van der Waals surface area (Å²) in [6, 6.07) is 1.28. The Hall–Kier alpha value is -1.92. The van der Waals surface area contributed by atoms with E-state index in [1.165, 1.54) is 16.9 Å². The molecule has 0 amide bonds. The van der Waals surface area contributed by atoms with Crippen LogP contribution in [0.1, 0.15) is 12.8 Å². The van der Waals surface area contributed by atoms with Crippen molar-refractivity contribution in [1.29, 1.82) is 0 Å². The molecule has 0 fully saturated rings. The third-order valence-electron chi connectivity index (χ3n) is 1.59. The van der Waals surface area contributed by atoms with E-state index in [1.54, 1.807) is 0 Å². The van der Waals surface area contributed by atoms with Crippen molar-refractivity contribution < 1.29 is 14.8 Å². The Balaban J connectivity index is 2.44. The second-order valence-electron chi connectivity index (χ2n) is 2.69. The molecule has 7 heteroatoms. The number of hydrogen-bond donors (Lipinski definition) is 1. The van der Waals surface area contributed by atoms with Gasteiger partial charge in [0.15, 0.2) is 0 Å². The normalized spacial score (nSPS) is 10.0. The van der Waals surface area contributed by atoms with Crippen LogP contribution in [0.4, 0.5) is 5.82 Å². The van der Waals surface area contributed by atoms with Crippen LogP contribution in [-0.4, -0.2) is 25.8 Å². The zero-order valence-corrected chi connectivity index (χ0v) is 7.29. The predicted molar refractivity (Wildman–Crippen MR) is 45.8 cm³/mol. The van der Waals surface area contributed by atoms with E-state index in [1.807, 2.05) is 0 Å². The third kappa shape index (κ3) is 2.85. The van der Waals surface area contributed by atoms with Crippen molar-refractivity contribution in [2.24, 2.45) is 0 Å². The Morgan fingerprint density at radius 1 is 1.71 bits per heavy atom. The Labute approximate surface area is 79.1 Å². The van der Waals surface area contributed by atoms with Gasteiger partial charge in [-0.3, -0.25) is 4.79 Å². The average molecular weight is 199 g/mol. The largest absolute Gasteiger partial charge is 0.481 e. The Morgan fingerprint density at radius 3 is 2.93 bits per heavy atom. The number of nitro groups is 1. The number of carboxylic acid groups (broad SMARTS) is 1. The molecule has 0 saturated carbocycles. The summed E-state index contributed by atoms with van der Waals surface area (Å²) in [5, 5.41) is 22.2. The van der Waals surface area contributed by atoms with Gasteiger partial charge in [-0.05, 0) is 11.3 Å². The number of nitrogens with zero attached hydrogens (tertiary/aromatic N) is 3. The molecule has 7 nitrogen and oxygen atoms in total. The number of carbonyl (C=O) groups is 1. The summed E-state index contributed by atoms with van der Waals surface area (Å²) in [5.74, 6) is -1.10. The fourth-order valence-electron chi connectivity index (χ4n) is 0.965. The monoisotopic (exact) mass is 199 g/mol. The highest BCUT2D eigenvalue weighted by molar-refractivity contribution is 5.66. The van der Waals surface area contributed by atoms with Crippen LogP contribution in [-0.2, 0) is 11.3 Å². The van der Waals surface area contributed by atoms with E-state index in [2.05, 4.69) is 5.10 Å². The molecule has 0 aliphatic carbocycles. The minimum Gasteiger partial charge on any atom is -0.481 e. The Kier molecular flexibility index (Phi) is 3.16. The number of hydrogen-bond acceptors (Lipinski definition) is 4. The van der Waals surface area contributed by atoms with Crippen LogP contribution in [0.5, 0.6) is 0 Å². The summed E-state index contributed by atoms with van der Waals surface area (Å²) < 4.78 is 1.36. The second kappa shape index (κ2) is 4.35. The topological polar surface area (TPSA) is 98.3 Å². The van der Waals surface area contributed by atoms with Crippen molar-refractivity contribution in [1.82, 2.24) is 9.78 Å². The van der Waals surface area contributed by atoms with Crippen molar-refractivity contribution in [2.45, 2.75) is 19.4 Å². The fourth-order valence-corrected chi connectivity index (χ4v) is 0.965. The molecule has 0 aliphatic heterocycles. The van der Waals surface area contributed by atoms with Gasteiger partial charge in [-0.25, -0.2) is 0 Å². The predicted octanol–water partition coefficient (Wildman–Crippen LogP) is 0.656. The average Bonchev–Trinajstić information content (AvgIpc) is 2.52. The molecule has 14 heavy (non-hydrogen) atoms. The van der Waals surface area contributed by atoms with E-state index in [0.29, 0.717) is 13.0 Å². The van der Waals surface area contributed by atoms with Gasteiger partial charge in [0.1, 0.15) is 0 Å². The summed E-state index contributed by atoms with van der Waals surface area (Å²) in [4.78, 5) is 19.8. The van der Waals surface area contributed by atoms with Gasteiger partial charge in [-0.15, -0.1) is 0 Å². The highest BCUT2D eigenvalue weighted by Gasteiger charge is 2.10. The number of aromatic nitrogens is 2. The maximum atomic E-state index is 10.2. The standard InChI is InChI=1S/C7H9N3O4/c11-7(12)2-1-4-9-5-3-6(8-9)10(13)14/h3,5H,1-2,4H2,(H,11,12). The molecule has 1 aromatic heterocycles. The van der Waals surface area contributed by atoms with Crippen LogP contribution in [0.25, 0.3) is 0 Å². The fraction of sp³-hybridized carbons (Fsp3) is 0.429. The first kappa shape index (κ1) is 10.2. The van der Waals surface area contributed by atoms with Gasteiger partial charge < -0.3 is 15.2 Å². The van der Waals surface area contributed by atoms with Crippen molar-refractivity contribution in [3.8, 4) is 0 Å². The van der Waals surface area contributed by atoms with Gasteiger partial charge in [0, 0.05) is 6.42 Å². The summed E-state index contributed by atoms with van der Waals surface area (Å²) >= 11 is 0. The Morgan fingerprint density at radius 2 is 2.43 bits per heavy atom. The lowest BCUT2D eigenvalue weighted by Crippen LogP contribution is -2.03. The van der Waals surface area contributed by atoms with Gasteiger partial charge in [0.2, 0.25) is 0 Å². The maximum Gasteiger partial charge on any atom is 0.389 e. The van der Waals surface area contributed by atoms with Crippen LogP contribution in [0.15, 0.2) is 12.3 Å². The summed E-state index contributed by atoms with van der Waals surface area (Å²) in [6.07, 6.45) is 1.90. The molecule has 0 radical (unpaired) electrons. The van der Waals surface area contributed by atoms with E-state index < -0.39 is 10.9 Å². The van der Waals surface area contributed by atoms with Crippen LogP contribution in [0.2, 0.25) is 0 Å². The lowest BCUT2D eigenvalue weighted by atomic mass is 10.3. The van der Waals surface area contributed by atoms with E-state index in [9.17, 15) is 14.9 Å². The minimum atomic E-state index is -0.883. The minimum absolute atomic E-state index is 0.0354. The molecule has 1 heterocycles. The number of aryl methyl sites for hydroxylation is 1. The van der Waals surface area contributed by atoms with E-state index in [4.69, 9.17) is 5.11 Å². The van der Waals surface area contributed by atoms with Crippen molar-refractivity contribution in [3.63, 3.8) is 0 Å². The molecule has 0 aromatic carbocycles. The third-order valence-corrected chi connectivity index (χ3v) is 1.59. The van der Waals surface area contributed by atoms with E-state index in [0.717, 1.165) is 0 Å². The second-order valence-corrected chi connectivity index (χ2v) is 2.69. The van der Waals surface area contributed by atoms with Crippen LogP contribution in [0, 0.1) is 10.1 Å². The molecule has 0 saturated heterocycles. The number of rotatable bonds is 5. The smallest absolute Gasteiger partial charge is 0.389 e. The first-order chi connectivity index (χ1) is 6.59. The molecule has 0 bridgehead atoms. The number of aliphatic carboxylic acids is 1. The first-order valence-electron chi connectivity index (χ1n) is 3.99. The first-order valence-corrected chi connectivity index (χ1v) is 3.99. The highest BCUT2D eigenvalue weighted by atomic mass is 16.6. The molecule has 0 atom stereocenters. The quantitative estimate of drug-likeness (QED) is 0.554. The summed E-state index contributed by atoms with van der Waals surface area (Å²) in [5.41, 5.74) is 0. The molecule has 0 spiro atoms. The summed E-state index contributed by atoms with van der Waals surface area (Å²) in [7, 11) is 0. The highest BCUT2D eigenvalue weighted by Crippen LogP contribution is 2.06. The van der Waals surface area contributed by atoms with Gasteiger partial charge in [0.05, 0.1) is 23.9 Å². The van der Waals surface area contributed by atoms with Gasteiger partial charge in [0.25, 0.3) is 0 Å². The lowest BCUT2D eigenvalue weighted by Gasteiger charge is -1.93.